The molecule has 5 nitrogen and oxygen atoms in total. The zero-order valence-electron chi connectivity index (χ0n) is 12.4. The molecule has 0 aliphatic heterocycles. The molecule has 2 aromatic carbocycles. The number of carbonyl (C=O) groups is 1. The van der Waals surface area contributed by atoms with Crippen molar-refractivity contribution >= 4 is 49.2 Å². The number of ether oxygens (including phenoxy) is 1. The molecule has 0 N–H and O–H groups in total. The van der Waals surface area contributed by atoms with Gasteiger partial charge < -0.3 is 4.74 Å². The number of benzene rings is 2. The maximum Gasteiger partial charge on any atom is 0.326 e. The third kappa shape index (κ3) is 4.06. The lowest BCUT2D eigenvalue weighted by Crippen LogP contribution is -2.36. The molecule has 0 aliphatic carbocycles. The number of hydrogen-bond acceptors (Lipinski definition) is 4. The zero-order valence-corrected chi connectivity index (χ0v) is 15.5. The van der Waals surface area contributed by atoms with Crippen molar-refractivity contribution in [1.82, 2.24) is 0 Å². The normalized spacial score (nSPS) is 11.2. The van der Waals surface area contributed by atoms with E-state index in [1.54, 1.807) is 6.07 Å². The van der Waals surface area contributed by atoms with Crippen LogP contribution in [0, 0.1) is 5.82 Å². The van der Waals surface area contributed by atoms with Gasteiger partial charge in [0.1, 0.15) is 12.4 Å². The molecular formula is C15H12BrClFNO4S. The van der Waals surface area contributed by atoms with E-state index in [-0.39, 0.29) is 15.6 Å². The molecule has 0 aliphatic rings. The molecule has 0 aromatic heterocycles. The van der Waals surface area contributed by atoms with Gasteiger partial charge in [-0.2, -0.15) is 0 Å². The Morgan fingerprint density at radius 2 is 1.88 bits per heavy atom. The first-order valence-corrected chi connectivity index (χ1v) is 9.17. The Morgan fingerprint density at radius 1 is 1.25 bits per heavy atom. The zero-order chi connectivity index (χ0) is 17.9. The van der Waals surface area contributed by atoms with Crippen LogP contribution in [0.3, 0.4) is 0 Å². The Labute approximate surface area is 152 Å². The van der Waals surface area contributed by atoms with Gasteiger partial charge in [0.15, 0.2) is 0 Å². The minimum Gasteiger partial charge on any atom is -0.468 e. The predicted molar refractivity (Wildman–Crippen MR) is 92.1 cm³/mol. The average molecular weight is 437 g/mol. The molecule has 2 aromatic rings. The van der Waals surface area contributed by atoms with Crippen LogP contribution in [0.25, 0.3) is 0 Å². The topological polar surface area (TPSA) is 63.7 Å². The Hall–Kier alpha value is -1.64. The minimum atomic E-state index is -4.11. The fourth-order valence-electron chi connectivity index (χ4n) is 1.87. The first-order valence-electron chi connectivity index (χ1n) is 6.56. The Kier molecular flexibility index (Phi) is 5.84. The van der Waals surface area contributed by atoms with E-state index >= 15 is 0 Å². The van der Waals surface area contributed by atoms with Gasteiger partial charge in [-0.25, -0.2) is 12.8 Å². The summed E-state index contributed by atoms with van der Waals surface area (Å²) in [5, 5.41) is 0.275. The summed E-state index contributed by atoms with van der Waals surface area (Å²) in [5.41, 5.74) is 0.179. The van der Waals surface area contributed by atoms with Gasteiger partial charge in [-0.1, -0.05) is 11.6 Å². The molecule has 9 heteroatoms. The molecule has 0 saturated heterocycles. The molecule has 0 fully saturated rings. The lowest BCUT2D eigenvalue weighted by Gasteiger charge is -2.23. The Balaban J connectivity index is 2.54. The van der Waals surface area contributed by atoms with Crippen molar-refractivity contribution in [2.45, 2.75) is 4.90 Å². The second-order valence-electron chi connectivity index (χ2n) is 4.64. The van der Waals surface area contributed by atoms with Crippen molar-refractivity contribution in [3.63, 3.8) is 0 Å². The first kappa shape index (κ1) is 18.7. The van der Waals surface area contributed by atoms with Crippen molar-refractivity contribution in [3.8, 4) is 0 Å². The average Bonchev–Trinajstić information content (AvgIpc) is 2.55. The van der Waals surface area contributed by atoms with Gasteiger partial charge in [0.25, 0.3) is 10.0 Å². The maximum absolute atomic E-state index is 13.1. The Bertz CT molecular complexity index is 858. The van der Waals surface area contributed by atoms with E-state index in [0.717, 1.165) is 35.7 Å². The summed E-state index contributed by atoms with van der Waals surface area (Å²) in [7, 11) is -2.96. The number of esters is 1. The number of halogens is 3. The Morgan fingerprint density at radius 3 is 2.42 bits per heavy atom. The van der Waals surface area contributed by atoms with Crippen LogP contribution in [-0.4, -0.2) is 28.0 Å². The fraction of sp³-hybridized carbons (Fsp3) is 0.133. The summed E-state index contributed by atoms with van der Waals surface area (Å²) in [6, 6.07) is 8.73. The first-order chi connectivity index (χ1) is 11.3. The van der Waals surface area contributed by atoms with Gasteiger partial charge in [-0.05, 0) is 58.4 Å². The van der Waals surface area contributed by atoms with Crippen molar-refractivity contribution in [2.24, 2.45) is 0 Å². The number of rotatable bonds is 5. The summed E-state index contributed by atoms with van der Waals surface area (Å²) in [5.74, 6) is -1.32. The van der Waals surface area contributed by atoms with Crippen LogP contribution in [0.2, 0.25) is 5.02 Å². The van der Waals surface area contributed by atoms with Crippen molar-refractivity contribution in [1.29, 1.82) is 0 Å². The fourth-order valence-corrected chi connectivity index (χ4v) is 3.69. The SMILES string of the molecule is COC(=O)CN(c1ccc(Br)c(Cl)c1)S(=O)(=O)c1ccc(F)cc1. The number of carbonyl (C=O) groups excluding carboxylic acids is 1. The van der Waals surface area contributed by atoms with Crippen molar-refractivity contribution in [3.05, 3.63) is 57.8 Å². The highest BCUT2D eigenvalue weighted by Gasteiger charge is 2.28. The molecule has 2 rings (SSSR count). The minimum absolute atomic E-state index is 0.160. The van der Waals surface area contributed by atoms with E-state index in [4.69, 9.17) is 11.6 Å². The highest BCUT2D eigenvalue weighted by atomic mass is 79.9. The van der Waals surface area contributed by atoms with E-state index in [2.05, 4.69) is 20.7 Å². The molecule has 0 radical (unpaired) electrons. The number of hydrogen-bond donors (Lipinski definition) is 0. The van der Waals surface area contributed by atoms with E-state index in [1.807, 2.05) is 0 Å². The second kappa shape index (κ2) is 7.50. The van der Waals surface area contributed by atoms with Gasteiger partial charge in [0.05, 0.1) is 22.7 Å². The van der Waals surface area contributed by atoms with Crippen LogP contribution in [0.15, 0.2) is 51.8 Å². The number of nitrogens with zero attached hydrogens (tertiary/aromatic N) is 1. The molecule has 128 valence electrons. The van der Waals surface area contributed by atoms with Crippen molar-refractivity contribution in [2.75, 3.05) is 18.0 Å². The predicted octanol–water partition coefficient (Wildman–Crippen LogP) is 3.61. The van der Waals surface area contributed by atoms with E-state index < -0.39 is 28.4 Å². The van der Waals surface area contributed by atoms with Gasteiger partial charge >= 0.3 is 5.97 Å². The summed E-state index contributed by atoms with van der Waals surface area (Å²) in [6.45, 7) is -0.547. The van der Waals surface area contributed by atoms with Gasteiger partial charge in [0, 0.05) is 4.47 Å². The van der Waals surface area contributed by atoms with E-state index in [1.165, 1.54) is 12.1 Å². The smallest absolute Gasteiger partial charge is 0.326 e. The summed E-state index contributed by atoms with van der Waals surface area (Å²) in [4.78, 5) is 11.5. The molecule has 0 bridgehead atoms. The quantitative estimate of drug-likeness (QED) is 0.672. The van der Waals surface area contributed by atoms with Crippen LogP contribution in [-0.2, 0) is 19.6 Å². The number of anilines is 1. The van der Waals surface area contributed by atoms with E-state index in [0.29, 0.717) is 4.47 Å². The molecule has 0 unspecified atom stereocenters. The summed E-state index contributed by atoms with van der Waals surface area (Å²) >= 11 is 9.22. The lowest BCUT2D eigenvalue weighted by molar-refractivity contribution is -0.138. The maximum atomic E-state index is 13.1. The second-order valence-corrected chi connectivity index (χ2v) is 7.76. The van der Waals surface area contributed by atoms with Crippen LogP contribution >= 0.6 is 27.5 Å². The number of methoxy groups -OCH3 is 1. The van der Waals surface area contributed by atoms with Crippen LogP contribution < -0.4 is 4.31 Å². The molecule has 0 heterocycles. The standard InChI is InChI=1S/C15H12BrClFNO4S/c1-23-15(20)9-19(11-4-7-13(16)14(17)8-11)24(21,22)12-5-2-10(18)3-6-12/h2-8H,9H2,1H3. The van der Waals surface area contributed by atoms with Crippen molar-refractivity contribution < 1.29 is 22.3 Å². The van der Waals surface area contributed by atoms with E-state index in [9.17, 15) is 17.6 Å². The van der Waals surface area contributed by atoms with Crippen LogP contribution in [0.1, 0.15) is 0 Å². The molecular weight excluding hydrogens is 425 g/mol. The lowest BCUT2D eigenvalue weighted by atomic mass is 10.3. The largest absolute Gasteiger partial charge is 0.468 e. The van der Waals surface area contributed by atoms with Crippen LogP contribution in [0.5, 0.6) is 0 Å². The molecule has 0 spiro atoms. The monoisotopic (exact) mass is 435 g/mol. The van der Waals surface area contributed by atoms with Crippen LogP contribution in [0.4, 0.5) is 10.1 Å². The third-order valence-corrected chi connectivity index (χ3v) is 6.11. The molecule has 0 saturated carbocycles. The summed E-state index contributed by atoms with van der Waals surface area (Å²) in [6.07, 6.45) is 0. The van der Waals surface area contributed by atoms with Gasteiger partial charge in [-0.15, -0.1) is 0 Å². The van der Waals surface area contributed by atoms with Gasteiger partial charge in [0.2, 0.25) is 0 Å². The molecule has 24 heavy (non-hydrogen) atoms. The highest BCUT2D eigenvalue weighted by Crippen LogP contribution is 2.30. The highest BCUT2D eigenvalue weighted by molar-refractivity contribution is 9.10. The molecule has 0 amide bonds. The summed E-state index contributed by atoms with van der Waals surface area (Å²) < 4.78 is 44.7. The number of sulfonamides is 1. The van der Waals surface area contributed by atoms with Gasteiger partial charge in [-0.3, -0.25) is 9.10 Å². The third-order valence-electron chi connectivity index (χ3n) is 3.09. The molecule has 0 atom stereocenters.